The molecule has 0 amide bonds. The molecule has 0 bridgehead atoms. The lowest BCUT2D eigenvalue weighted by Gasteiger charge is -2.28. The van der Waals surface area contributed by atoms with E-state index in [9.17, 15) is 0 Å². The van der Waals surface area contributed by atoms with E-state index >= 15 is 0 Å². The van der Waals surface area contributed by atoms with Crippen LogP contribution in [0.25, 0.3) is 0 Å². The molecule has 1 fully saturated rings. The zero-order chi connectivity index (χ0) is 7.73. The van der Waals surface area contributed by atoms with Gasteiger partial charge in [0.25, 0.3) is 0 Å². The maximum atomic E-state index is 5.52. The van der Waals surface area contributed by atoms with Crippen molar-refractivity contribution in [2.45, 2.75) is 25.6 Å². The highest BCUT2D eigenvalue weighted by Gasteiger charge is 2.35. The minimum atomic E-state index is -0.327. The first-order valence-corrected chi connectivity index (χ1v) is 4.28. The van der Waals surface area contributed by atoms with Gasteiger partial charge in [-0.1, -0.05) is 13.0 Å². The van der Waals surface area contributed by atoms with Gasteiger partial charge in [-0.05, 0) is 18.4 Å². The fourth-order valence-corrected chi connectivity index (χ4v) is 1.63. The predicted octanol–water partition coefficient (Wildman–Crippen LogP) is 1.72. The van der Waals surface area contributed by atoms with E-state index in [1.165, 1.54) is 6.42 Å². The Morgan fingerprint density at radius 3 is 2.64 bits per heavy atom. The summed E-state index contributed by atoms with van der Waals surface area (Å²) in [7, 11) is 0. The highest BCUT2D eigenvalue weighted by molar-refractivity contribution is 5.04. The molecule has 1 saturated heterocycles. The fraction of sp³-hybridized carbons (Fsp3) is 0.778. The van der Waals surface area contributed by atoms with Gasteiger partial charge in [0.1, 0.15) is 0 Å². The van der Waals surface area contributed by atoms with Crippen LogP contribution in [0.5, 0.6) is 0 Å². The third-order valence-electron chi connectivity index (χ3n) is 2.40. The quantitative estimate of drug-likeness (QED) is 0.494. The van der Waals surface area contributed by atoms with Gasteiger partial charge >= 0.3 is 0 Å². The summed E-state index contributed by atoms with van der Waals surface area (Å²) >= 11 is 0. The Labute approximate surface area is 67.2 Å². The van der Waals surface area contributed by atoms with Crippen molar-refractivity contribution < 1.29 is 9.47 Å². The second kappa shape index (κ2) is 2.61. The Hall–Kier alpha value is -0.340. The van der Waals surface area contributed by atoms with Crippen LogP contribution in [-0.4, -0.2) is 19.0 Å². The van der Waals surface area contributed by atoms with E-state index < -0.39 is 0 Å². The van der Waals surface area contributed by atoms with Crippen LogP contribution in [0.1, 0.15) is 19.8 Å². The molecule has 0 radical (unpaired) electrons. The first-order valence-electron chi connectivity index (χ1n) is 4.28. The van der Waals surface area contributed by atoms with Gasteiger partial charge in [0.05, 0.1) is 13.2 Å². The van der Waals surface area contributed by atoms with Gasteiger partial charge in [0.15, 0.2) is 5.79 Å². The Kier molecular flexibility index (Phi) is 1.74. The number of hydrogen-bond acceptors (Lipinski definition) is 2. The molecule has 2 aliphatic rings. The van der Waals surface area contributed by atoms with Crippen LogP contribution in [0.4, 0.5) is 0 Å². The van der Waals surface area contributed by atoms with E-state index in [4.69, 9.17) is 9.47 Å². The highest BCUT2D eigenvalue weighted by Crippen LogP contribution is 2.32. The average Bonchev–Trinajstić information content (AvgIpc) is 2.45. The zero-order valence-electron chi connectivity index (χ0n) is 6.88. The molecule has 0 aromatic rings. The van der Waals surface area contributed by atoms with E-state index in [1.54, 1.807) is 0 Å². The van der Waals surface area contributed by atoms with E-state index in [0.29, 0.717) is 5.92 Å². The van der Waals surface area contributed by atoms with Gasteiger partial charge in [0.2, 0.25) is 0 Å². The first-order chi connectivity index (χ1) is 5.31. The smallest absolute Gasteiger partial charge is 0.188 e. The molecule has 1 heterocycles. The highest BCUT2D eigenvalue weighted by atomic mass is 16.7. The summed E-state index contributed by atoms with van der Waals surface area (Å²) in [4.78, 5) is 0. The van der Waals surface area contributed by atoms with Crippen LogP contribution in [0, 0.1) is 5.92 Å². The molecule has 1 aliphatic carbocycles. The largest absolute Gasteiger partial charge is 0.344 e. The maximum absolute atomic E-state index is 5.52. The lowest BCUT2D eigenvalue weighted by molar-refractivity contribution is -0.126. The van der Waals surface area contributed by atoms with Crippen molar-refractivity contribution in [3.05, 3.63) is 12.2 Å². The van der Waals surface area contributed by atoms with E-state index in [-0.39, 0.29) is 5.79 Å². The summed E-state index contributed by atoms with van der Waals surface area (Å²) in [6.07, 6.45) is 6.46. The van der Waals surface area contributed by atoms with Crippen LogP contribution in [0.3, 0.4) is 0 Å². The summed E-state index contributed by atoms with van der Waals surface area (Å²) in [6, 6.07) is 0. The summed E-state index contributed by atoms with van der Waals surface area (Å²) in [5.41, 5.74) is 0. The van der Waals surface area contributed by atoms with Gasteiger partial charge in [0, 0.05) is 6.42 Å². The van der Waals surface area contributed by atoms with E-state index in [2.05, 4.69) is 19.1 Å². The van der Waals surface area contributed by atoms with Crippen molar-refractivity contribution in [2.75, 3.05) is 13.2 Å². The summed E-state index contributed by atoms with van der Waals surface area (Å²) in [5, 5.41) is 0. The monoisotopic (exact) mass is 154 g/mol. The zero-order valence-corrected chi connectivity index (χ0v) is 6.88. The molecule has 1 unspecified atom stereocenters. The topological polar surface area (TPSA) is 18.5 Å². The minimum absolute atomic E-state index is 0.327. The number of hydrogen-bond donors (Lipinski definition) is 0. The Morgan fingerprint density at radius 2 is 2.09 bits per heavy atom. The van der Waals surface area contributed by atoms with Crippen molar-refractivity contribution in [3.63, 3.8) is 0 Å². The summed E-state index contributed by atoms with van der Waals surface area (Å²) in [6.45, 7) is 3.72. The molecule has 0 aromatic heterocycles. The molecular formula is C9H14O2. The van der Waals surface area contributed by atoms with Crippen LogP contribution < -0.4 is 0 Å². The number of ether oxygens (including phenoxy) is 2. The molecule has 1 spiro atoms. The third-order valence-corrected chi connectivity index (χ3v) is 2.40. The summed E-state index contributed by atoms with van der Waals surface area (Å²) < 4.78 is 11.0. The number of rotatable bonds is 0. The molecule has 1 atom stereocenters. The second-order valence-electron chi connectivity index (χ2n) is 3.38. The molecule has 2 heteroatoms. The molecule has 11 heavy (non-hydrogen) atoms. The van der Waals surface area contributed by atoms with Crippen LogP contribution >= 0.6 is 0 Å². The van der Waals surface area contributed by atoms with E-state index in [1.807, 2.05) is 0 Å². The first kappa shape index (κ1) is 7.32. The van der Waals surface area contributed by atoms with Crippen LogP contribution in [0.2, 0.25) is 0 Å². The van der Waals surface area contributed by atoms with Crippen molar-refractivity contribution in [1.82, 2.24) is 0 Å². The fourth-order valence-electron chi connectivity index (χ4n) is 1.63. The standard InChI is InChI=1S/C9H14O2/c1-8-2-4-9(5-3-8)10-6-7-11-9/h2,4,8H,3,5-7H2,1H3. The molecule has 2 rings (SSSR count). The average molecular weight is 154 g/mol. The SMILES string of the molecule is CC1C=CC2(CC1)OCCO2. The predicted molar refractivity (Wildman–Crippen MR) is 42.2 cm³/mol. The molecule has 0 N–H and O–H groups in total. The second-order valence-corrected chi connectivity index (χ2v) is 3.38. The van der Waals surface area contributed by atoms with Crippen LogP contribution in [0.15, 0.2) is 12.2 Å². The molecular weight excluding hydrogens is 140 g/mol. The normalized spacial score (nSPS) is 34.8. The van der Waals surface area contributed by atoms with Gasteiger partial charge in [-0.25, -0.2) is 0 Å². The molecule has 0 aromatic carbocycles. The number of allylic oxidation sites excluding steroid dienone is 1. The molecule has 62 valence electrons. The van der Waals surface area contributed by atoms with Gasteiger partial charge in [-0.15, -0.1) is 0 Å². The maximum Gasteiger partial charge on any atom is 0.188 e. The van der Waals surface area contributed by atoms with Crippen molar-refractivity contribution in [1.29, 1.82) is 0 Å². The van der Waals surface area contributed by atoms with Gasteiger partial charge < -0.3 is 9.47 Å². The van der Waals surface area contributed by atoms with Gasteiger partial charge in [-0.3, -0.25) is 0 Å². The molecule has 1 aliphatic heterocycles. The Bertz CT molecular complexity index is 168. The minimum Gasteiger partial charge on any atom is -0.344 e. The molecule has 0 saturated carbocycles. The third kappa shape index (κ3) is 1.33. The lowest BCUT2D eigenvalue weighted by atomic mass is 9.93. The van der Waals surface area contributed by atoms with Crippen LogP contribution in [-0.2, 0) is 9.47 Å². The van der Waals surface area contributed by atoms with E-state index in [0.717, 1.165) is 19.6 Å². The van der Waals surface area contributed by atoms with Gasteiger partial charge in [-0.2, -0.15) is 0 Å². The van der Waals surface area contributed by atoms with Crippen molar-refractivity contribution in [3.8, 4) is 0 Å². The summed E-state index contributed by atoms with van der Waals surface area (Å²) in [5.74, 6) is 0.361. The molecule has 2 nitrogen and oxygen atoms in total. The Morgan fingerprint density at radius 1 is 1.36 bits per heavy atom. The Balaban J connectivity index is 2.09. The van der Waals surface area contributed by atoms with Crippen molar-refractivity contribution >= 4 is 0 Å². The lowest BCUT2D eigenvalue weighted by Crippen LogP contribution is -2.30. The van der Waals surface area contributed by atoms with Crippen molar-refractivity contribution in [2.24, 2.45) is 5.92 Å².